The lowest BCUT2D eigenvalue weighted by molar-refractivity contribution is 0.242. The van der Waals surface area contributed by atoms with Gasteiger partial charge in [0.15, 0.2) is 0 Å². The lowest BCUT2D eigenvalue weighted by atomic mass is 9.98. The van der Waals surface area contributed by atoms with Crippen molar-refractivity contribution in [3.63, 3.8) is 0 Å². The number of hydrogen-bond acceptors (Lipinski definition) is 2. The molecule has 4 rings (SSSR count). The molecule has 1 fully saturated rings. The second-order valence-electron chi connectivity index (χ2n) is 6.29. The van der Waals surface area contributed by atoms with Crippen molar-refractivity contribution in [3.8, 4) is 5.75 Å². The minimum atomic E-state index is 0.480. The molecular weight excluding hydrogens is 258 g/mol. The number of hydrogen-bond donors (Lipinski definition) is 1. The molecule has 2 unspecified atom stereocenters. The minimum absolute atomic E-state index is 0.480. The molecule has 2 nitrogen and oxygen atoms in total. The molecule has 2 aromatic rings. The molecule has 2 aromatic carbocycles. The Kier molecular flexibility index (Phi) is 3.19. The van der Waals surface area contributed by atoms with Crippen LogP contribution in [0.1, 0.15) is 41.5 Å². The second kappa shape index (κ2) is 5.19. The van der Waals surface area contributed by atoms with Crippen LogP contribution in [-0.4, -0.2) is 23.1 Å². The standard InChI is InChI=1S/C19H21NO/c21-19-8-4-7-16-17(19)9-10-18(16)20-12-11-15(13-20)14-5-2-1-3-6-14/h1-8,15,18,21H,9-13H2. The zero-order valence-corrected chi connectivity index (χ0v) is 12.2. The van der Waals surface area contributed by atoms with E-state index in [0.29, 0.717) is 17.7 Å². The van der Waals surface area contributed by atoms with E-state index in [1.807, 2.05) is 12.1 Å². The molecule has 0 bridgehead atoms. The van der Waals surface area contributed by atoms with E-state index in [-0.39, 0.29) is 0 Å². The number of phenols is 1. The molecule has 1 aliphatic heterocycles. The van der Waals surface area contributed by atoms with Crippen molar-refractivity contribution in [1.29, 1.82) is 0 Å². The highest BCUT2D eigenvalue weighted by Gasteiger charge is 2.34. The number of nitrogens with zero attached hydrogens (tertiary/aromatic N) is 1. The van der Waals surface area contributed by atoms with Gasteiger partial charge in [-0.2, -0.15) is 0 Å². The highest BCUT2D eigenvalue weighted by atomic mass is 16.3. The number of likely N-dealkylation sites (tertiary alicyclic amines) is 1. The third-order valence-corrected chi connectivity index (χ3v) is 5.15. The third-order valence-electron chi connectivity index (χ3n) is 5.15. The van der Waals surface area contributed by atoms with Crippen molar-refractivity contribution >= 4 is 0 Å². The maximum atomic E-state index is 10.0. The molecule has 0 radical (unpaired) electrons. The van der Waals surface area contributed by atoms with Crippen LogP contribution in [0.5, 0.6) is 5.75 Å². The smallest absolute Gasteiger partial charge is 0.119 e. The number of phenolic OH excluding ortho intramolecular Hbond substituents is 1. The van der Waals surface area contributed by atoms with E-state index in [1.165, 1.54) is 29.7 Å². The minimum Gasteiger partial charge on any atom is -0.508 e. The van der Waals surface area contributed by atoms with Crippen LogP contribution in [-0.2, 0) is 6.42 Å². The van der Waals surface area contributed by atoms with Gasteiger partial charge in [0.1, 0.15) is 5.75 Å². The Morgan fingerprint density at radius 2 is 1.81 bits per heavy atom. The predicted octanol–water partition coefficient (Wildman–Crippen LogP) is 3.87. The number of rotatable bonds is 2. The summed E-state index contributed by atoms with van der Waals surface area (Å²) in [6.45, 7) is 2.31. The maximum Gasteiger partial charge on any atom is 0.119 e. The molecule has 108 valence electrons. The van der Waals surface area contributed by atoms with Gasteiger partial charge >= 0.3 is 0 Å². The first-order valence-electron chi connectivity index (χ1n) is 7.92. The highest BCUT2D eigenvalue weighted by molar-refractivity contribution is 5.44. The fourth-order valence-electron chi connectivity index (χ4n) is 4.06. The summed E-state index contributed by atoms with van der Waals surface area (Å²) in [5.74, 6) is 1.14. The summed E-state index contributed by atoms with van der Waals surface area (Å²) in [5, 5.41) is 10.0. The molecule has 0 aromatic heterocycles. The van der Waals surface area contributed by atoms with Gasteiger partial charge in [0.25, 0.3) is 0 Å². The number of benzene rings is 2. The first kappa shape index (κ1) is 12.9. The van der Waals surface area contributed by atoms with Gasteiger partial charge in [-0.3, -0.25) is 4.90 Å². The zero-order valence-electron chi connectivity index (χ0n) is 12.2. The van der Waals surface area contributed by atoms with Crippen LogP contribution in [0.2, 0.25) is 0 Å². The maximum absolute atomic E-state index is 10.0. The molecule has 2 aliphatic rings. The van der Waals surface area contributed by atoms with Crippen molar-refractivity contribution in [2.75, 3.05) is 13.1 Å². The van der Waals surface area contributed by atoms with E-state index in [4.69, 9.17) is 0 Å². The Balaban J connectivity index is 1.54. The molecule has 0 amide bonds. The highest BCUT2D eigenvalue weighted by Crippen LogP contribution is 2.42. The van der Waals surface area contributed by atoms with Gasteiger partial charge in [0.05, 0.1) is 0 Å². The quantitative estimate of drug-likeness (QED) is 0.902. The van der Waals surface area contributed by atoms with Crippen LogP contribution in [0.15, 0.2) is 48.5 Å². The summed E-state index contributed by atoms with van der Waals surface area (Å²) < 4.78 is 0. The monoisotopic (exact) mass is 279 g/mol. The SMILES string of the molecule is Oc1cccc2c1CCC2N1CCC(c2ccccc2)C1. The molecule has 1 heterocycles. The van der Waals surface area contributed by atoms with Crippen LogP contribution in [0.3, 0.4) is 0 Å². The molecule has 1 N–H and O–H groups in total. The van der Waals surface area contributed by atoms with Gasteiger partial charge in [0, 0.05) is 12.6 Å². The summed E-state index contributed by atoms with van der Waals surface area (Å²) in [5.41, 5.74) is 3.99. The van der Waals surface area contributed by atoms with Gasteiger partial charge in [-0.15, -0.1) is 0 Å². The number of aromatic hydroxyl groups is 1. The first-order valence-corrected chi connectivity index (χ1v) is 7.92. The van der Waals surface area contributed by atoms with Crippen LogP contribution >= 0.6 is 0 Å². The van der Waals surface area contributed by atoms with E-state index in [9.17, 15) is 5.11 Å². The second-order valence-corrected chi connectivity index (χ2v) is 6.29. The molecule has 1 saturated heterocycles. The predicted molar refractivity (Wildman–Crippen MR) is 84.5 cm³/mol. The van der Waals surface area contributed by atoms with Crippen molar-refractivity contribution < 1.29 is 5.11 Å². The van der Waals surface area contributed by atoms with Gasteiger partial charge < -0.3 is 5.11 Å². The number of fused-ring (bicyclic) bond motifs is 1. The van der Waals surface area contributed by atoms with E-state index >= 15 is 0 Å². The topological polar surface area (TPSA) is 23.5 Å². The molecule has 0 saturated carbocycles. The van der Waals surface area contributed by atoms with Gasteiger partial charge in [-0.1, -0.05) is 42.5 Å². The van der Waals surface area contributed by atoms with E-state index < -0.39 is 0 Å². The molecule has 0 spiro atoms. The first-order chi connectivity index (χ1) is 10.3. The van der Waals surface area contributed by atoms with Crippen LogP contribution < -0.4 is 0 Å². The Hall–Kier alpha value is -1.80. The summed E-state index contributed by atoms with van der Waals surface area (Å²) in [6.07, 6.45) is 3.41. The van der Waals surface area contributed by atoms with Crippen molar-refractivity contribution in [3.05, 3.63) is 65.2 Å². The van der Waals surface area contributed by atoms with E-state index in [1.54, 1.807) is 0 Å². The normalized spacial score (nSPS) is 25.1. The van der Waals surface area contributed by atoms with E-state index in [2.05, 4.69) is 41.3 Å². The molecule has 2 atom stereocenters. The largest absolute Gasteiger partial charge is 0.508 e. The summed E-state index contributed by atoms with van der Waals surface area (Å²) >= 11 is 0. The van der Waals surface area contributed by atoms with Crippen molar-refractivity contribution in [1.82, 2.24) is 4.90 Å². The molecule has 21 heavy (non-hydrogen) atoms. The lowest BCUT2D eigenvalue weighted by Crippen LogP contribution is -2.24. The average Bonchev–Trinajstić information content (AvgIpc) is 3.15. The van der Waals surface area contributed by atoms with Crippen LogP contribution in [0.25, 0.3) is 0 Å². The lowest BCUT2D eigenvalue weighted by Gasteiger charge is -2.25. The van der Waals surface area contributed by atoms with Gasteiger partial charge in [-0.25, -0.2) is 0 Å². The Morgan fingerprint density at radius 3 is 2.67 bits per heavy atom. The van der Waals surface area contributed by atoms with Crippen LogP contribution in [0.4, 0.5) is 0 Å². The average molecular weight is 279 g/mol. The summed E-state index contributed by atoms with van der Waals surface area (Å²) in [4.78, 5) is 2.61. The molecule has 2 heteroatoms. The van der Waals surface area contributed by atoms with Gasteiger partial charge in [-0.05, 0) is 54.5 Å². The van der Waals surface area contributed by atoms with Crippen LogP contribution in [0, 0.1) is 0 Å². The third kappa shape index (κ3) is 2.24. The summed E-state index contributed by atoms with van der Waals surface area (Å²) in [6, 6.07) is 17.4. The molecule has 1 aliphatic carbocycles. The molecular formula is C19H21NO. The Morgan fingerprint density at radius 1 is 0.952 bits per heavy atom. The van der Waals surface area contributed by atoms with Crippen molar-refractivity contribution in [2.45, 2.75) is 31.2 Å². The Bertz CT molecular complexity index is 637. The zero-order chi connectivity index (χ0) is 14.2. The van der Waals surface area contributed by atoms with Crippen molar-refractivity contribution in [2.24, 2.45) is 0 Å². The fraction of sp³-hybridized carbons (Fsp3) is 0.368. The Labute approximate surface area is 126 Å². The van der Waals surface area contributed by atoms with E-state index in [0.717, 1.165) is 19.4 Å². The fourth-order valence-corrected chi connectivity index (χ4v) is 4.06. The summed E-state index contributed by atoms with van der Waals surface area (Å²) in [7, 11) is 0. The van der Waals surface area contributed by atoms with Gasteiger partial charge in [0.2, 0.25) is 0 Å².